The molecule has 1 aromatic rings. The van der Waals surface area contributed by atoms with Crippen LogP contribution in [0.15, 0.2) is 18.2 Å². The summed E-state index contributed by atoms with van der Waals surface area (Å²) in [6, 6.07) is 7.70. The van der Waals surface area contributed by atoms with E-state index in [4.69, 9.17) is 0 Å². The highest BCUT2D eigenvalue weighted by Crippen LogP contribution is 2.50. The first-order valence-corrected chi connectivity index (χ1v) is 10.8. The fourth-order valence-electron chi connectivity index (χ4n) is 5.63. The van der Waals surface area contributed by atoms with Crippen LogP contribution in [-0.2, 0) is 0 Å². The van der Waals surface area contributed by atoms with Gasteiger partial charge in [0.05, 0.1) is 0 Å². The molecular formula is C22H34N4O. The zero-order valence-electron chi connectivity index (χ0n) is 17.0. The minimum absolute atomic E-state index is 0.0912. The zero-order valence-corrected chi connectivity index (χ0v) is 17.0. The second kappa shape index (κ2) is 7.70. The monoisotopic (exact) mass is 370 g/mol. The molecule has 27 heavy (non-hydrogen) atoms. The van der Waals surface area contributed by atoms with E-state index in [0.29, 0.717) is 17.9 Å². The standard InChI is InChI=1S/C22H34N4O/c1-4-10-26-14-16(24-22(27)25(5-2)6-3)12-18-17-8-7-9-19-21(17)15(13-23-19)11-20(18)26/h7-9,15-16,18,20,23H,4-6,10-14H2,1-3H3,(H,24,27)/t15-,16+,18-,20-/m1/s1. The van der Waals surface area contributed by atoms with Crippen LogP contribution < -0.4 is 10.6 Å². The number of benzene rings is 1. The molecule has 2 N–H and O–H groups in total. The third-order valence-corrected chi connectivity index (χ3v) is 6.83. The lowest BCUT2D eigenvalue weighted by Gasteiger charge is -2.49. The summed E-state index contributed by atoms with van der Waals surface area (Å²) in [5, 5.41) is 6.96. The zero-order chi connectivity index (χ0) is 19.0. The number of amides is 2. The number of fused-ring (bicyclic) bond motifs is 2. The van der Waals surface area contributed by atoms with E-state index in [1.807, 2.05) is 18.7 Å². The fraction of sp³-hybridized carbons (Fsp3) is 0.682. The molecule has 4 rings (SSSR count). The molecule has 0 saturated carbocycles. The Kier molecular flexibility index (Phi) is 5.31. The van der Waals surface area contributed by atoms with Crippen molar-refractivity contribution in [2.24, 2.45) is 0 Å². The SMILES string of the molecule is CCCN1C[C@@H](NC(=O)N(CC)CC)C[C@@H]2c3cccc4c3[C@@H](CN4)C[C@H]21. The molecule has 4 atom stereocenters. The number of nitrogens with zero attached hydrogens (tertiary/aromatic N) is 2. The first kappa shape index (κ1) is 18.6. The van der Waals surface area contributed by atoms with Crippen molar-refractivity contribution in [3.8, 4) is 0 Å². The molecule has 2 heterocycles. The minimum Gasteiger partial charge on any atom is -0.384 e. The third-order valence-electron chi connectivity index (χ3n) is 6.83. The summed E-state index contributed by atoms with van der Waals surface area (Å²) >= 11 is 0. The summed E-state index contributed by atoms with van der Waals surface area (Å²) in [6.07, 6.45) is 3.47. The molecule has 148 valence electrons. The van der Waals surface area contributed by atoms with Gasteiger partial charge in [-0.05, 0) is 56.8 Å². The van der Waals surface area contributed by atoms with Crippen molar-refractivity contribution in [1.29, 1.82) is 0 Å². The largest absolute Gasteiger partial charge is 0.384 e. The van der Waals surface area contributed by atoms with E-state index in [1.54, 1.807) is 5.56 Å². The van der Waals surface area contributed by atoms with Crippen LogP contribution in [0.3, 0.4) is 0 Å². The van der Waals surface area contributed by atoms with Crippen molar-refractivity contribution < 1.29 is 4.79 Å². The number of piperidine rings is 1. The van der Waals surface area contributed by atoms with Crippen LogP contribution >= 0.6 is 0 Å². The van der Waals surface area contributed by atoms with Crippen molar-refractivity contribution in [2.45, 2.75) is 64.0 Å². The van der Waals surface area contributed by atoms with Gasteiger partial charge in [0.1, 0.15) is 0 Å². The van der Waals surface area contributed by atoms with Gasteiger partial charge in [0.25, 0.3) is 0 Å². The molecule has 0 radical (unpaired) electrons. The summed E-state index contributed by atoms with van der Waals surface area (Å²) in [4.78, 5) is 17.2. The van der Waals surface area contributed by atoms with Gasteiger partial charge in [0.15, 0.2) is 0 Å². The molecule has 5 nitrogen and oxygen atoms in total. The molecule has 0 bridgehead atoms. The summed E-state index contributed by atoms with van der Waals surface area (Å²) in [7, 11) is 0. The van der Waals surface area contributed by atoms with Crippen molar-refractivity contribution in [3.63, 3.8) is 0 Å². The molecule has 1 fully saturated rings. The predicted molar refractivity (Wildman–Crippen MR) is 111 cm³/mol. The fourth-order valence-corrected chi connectivity index (χ4v) is 5.63. The minimum atomic E-state index is 0.0912. The highest BCUT2D eigenvalue weighted by Gasteiger charge is 2.45. The molecular weight excluding hydrogens is 336 g/mol. The Morgan fingerprint density at radius 3 is 2.81 bits per heavy atom. The van der Waals surface area contributed by atoms with Gasteiger partial charge in [-0.15, -0.1) is 0 Å². The lowest BCUT2D eigenvalue weighted by Crippen LogP contribution is -2.58. The second-order valence-electron chi connectivity index (χ2n) is 8.35. The van der Waals surface area contributed by atoms with Crippen molar-refractivity contribution in [1.82, 2.24) is 15.1 Å². The van der Waals surface area contributed by atoms with Crippen LogP contribution in [-0.4, -0.2) is 60.6 Å². The maximum atomic E-state index is 12.6. The van der Waals surface area contributed by atoms with Gasteiger partial charge in [-0.2, -0.15) is 0 Å². The lowest BCUT2D eigenvalue weighted by molar-refractivity contribution is 0.0838. The number of hydrogen-bond donors (Lipinski definition) is 2. The van der Waals surface area contributed by atoms with Crippen LogP contribution in [0, 0.1) is 0 Å². The number of anilines is 1. The number of likely N-dealkylation sites (tertiary alicyclic amines) is 1. The van der Waals surface area contributed by atoms with E-state index in [-0.39, 0.29) is 12.1 Å². The van der Waals surface area contributed by atoms with E-state index in [9.17, 15) is 4.79 Å². The van der Waals surface area contributed by atoms with Crippen molar-refractivity contribution in [3.05, 3.63) is 29.3 Å². The van der Waals surface area contributed by atoms with Gasteiger partial charge in [-0.3, -0.25) is 4.90 Å². The van der Waals surface area contributed by atoms with Gasteiger partial charge in [0, 0.05) is 55.8 Å². The Bertz CT molecular complexity index is 687. The number of carbonyl (C=O) groups excluding carboxylic acids is 1. The summed E-state index contributed by atoms with van der Waals surface area (Å²) < 4.78 is 0. The highest BCUT2D eigenvalue weighted by atomic mass is 16.2. The van der Waals surface area contributed by atoms with E-state index in [2.05, 4.69) is 40.7 Å². The number of nitrogens with one attached hydrogen (secondary N) is 2. The van der Waals surface area contributed by atoms with Crippen LogP contribution in [0.25, 0.3) is 0 Å². The molecule has 1 aliphatic carbocycles. The molecule has 0 spiro atoms. The number of carbonyl (C=O) groups is 1. The summed E-state index contributed by atoms with van der Waals surface area (Å²) in [5.74, 6) is 1.18. The van der Waals surface area contributed by atoms with E-state index >= 15 is 0 Å². The topological polar surface area (TPSA) is 47.6 Å². The summed E-state index contributed by atoms with van der Waals surface area (Å²) in [6.45, 7) is 11.1. The number of rotatable bonds is 5. The average molecular weight is 371 g/mol. The van der Waals surface area contributed by atoms with Gasteiger partial charge in [-0.1, -0.05) is 19.1 Å². The summed E-state index contributed by atoms with van der Waals surface area (Å²) in [5.41, 5.74) is 4.43. The second-order valence-corrected chi connectivity index (χ2v) is 8.35. The van der Waals surface area contributed by atoms with Crippen LogP contribution in [0.2, 0.25) is 0 Å². The van der Waals surface area contributed by atoms with E-state index < -0.39 is 0 Å². The van der Waals surface area contributed by atoms with Gasteiger partial charge < -0.3 is 15.5 Å². The molecule has 0 unspecified atom stereocenters. The normalized spacial score (nSPS) is 28.9. The Balaban J connectivity index is 1.59. The first-order chi connectivity index (χ1) is 13.2. The van der Waals surface area contributed by atoms with Crippen LogP contribution in [0.4, 0.5) is 10.5 Å². The number of urea groups is 1. The molecule has 2 aliphatic heterocycles. The predicted octanol–water partition coefficient (Wildman–Crippen LogP) is 3.59. The van der Waals surface area contributed by atoms with E-state index in [0.717, 1.165) is 45.6 Å². The lowest BCUT2D eigenvalue weighted by atomic mass is 9.69. The third kappa shape index (κ3) is 3.31. The molecule has 5 heteroatoms. The number of hydrogen-bond acceptors (Lipinski definition) is 3. The van der Waals surface area contributed by atoms with Crippen LogP contribution in [0.5, 0.6) is 0 Å². The Labute approximate surface area is 163 Å². The Morgan fingerprint density at radius 1 is 1.26 bits per heavy atom. The van der Waals surface area contributed by atoms with Crippen LogP contribution in [0.1, 0.15) is 63.0 Å². The first-order valence-electron chi connectivity index (χ1n) is 10.8. The van der Waals surface area contributed by atoms with Gasteiger partial charge in [0.2, 0.25) is 0 Å². The molecule has 1 aromatic carbocycles. The maximum Gasteiger partial charge on any atom is 0.317 e. The van der Waals surface area contributed by atoms with Gasteiger partial charge >= 0.3 is 6.03 Å². The van der Waals surface area contributed by atoms with E-state index in [1.165, 1.54) is 17.7 Å². The smallest absolute Gasteiger partial charge is 0.317 e. The Morgan fingerprint density at radius 2 is 2.07 bits per heavy atom. The highest BCUT2D eigenvalue weighted by molar-refractivity contribution is 5.74. The Hall–Kier alpha value is -1.75. The van der Waals surface area contributed by atoms with Gasteiger partial charge in [-0.25, -0.2) is 4.79 Å². The average Bonchev–Trinajstić information content (AvgIpc) is 3.08. The molecule has 2 amide bonds. The quantitative estimate of drug-likeness (QED) is 0.833. The maximum absolute atomic E-state index is 12.6. The molecule has 1 saturated heterocycles. The molecule has 3 aliphatic rings. The van der Waals surface area contributed by atoms with Crippen molar-refractivity contribution in [2.75, 3.05) is 38.0 Å². The molecule has 0 aromatic heterocycles. The van der Waals surface area contributed by atoms with Crippen molar-refractivity contribution >= 4 is 11.7 Å².